The Balaban J connectivity index is 2.46. The highest BCUT2D eigenvalue weighted by molar-refractivity contribution is 6.30. The number of hydrogen-bond donors (Lipinski definition) is 0. The molecule has 3 nitrogen and oxygen atoms in total. The van der Waals surface area contributed by atoms with Crippen LogP contribution in [-0.4, -0.2) is 12.9 Å². The number of nitrogens with zero attached hydrogens (tertiary/aromatic N) is 1. The van der Waals surface area contributed by atoms with E-state index in [0.717, 1.165) is 0 Å². The first-order valence-electron chi connectivity index (χ1n) is 5.99. The smallest absolute Gasteiger partial charge is 0.184 e. The van der Waals surface area contributed by atoms with E-state index in [4.69, 9.17) is 16.3 Å². The van der Waals surface area contributed by atoms with Crippen molar-refractivity contribution >= 4 is 17.4 Å². The van der Waals surface area contributed by atoms with E-state index < -0.39 is 5.92 Å². The molecule has 0 aliphatic heterocycles. The number of ketones is 1. The summed E-state index contributed by atoms with van der Waals surface area (Å²) in [6.07, 6.45) is 0. The van der Waals surface area contributed by atoms with Gasteiger partial charge in [0.25, 0.3) is 0 Å². The maximum Gasteiger partial charge on any atom is 0.184 e. The minimum absolute atomic E-state index is 0.270. The second kappa shape index (κ2) is 6.23. The average molecular weight is 286 g/mol. The molecule has 0 aliphatic rings. The van der Waals surface area contributed by atoms with Crippen LogP contribution in [0.25, 0.3) is 0 Å². The molecule has 0 bridgehead atoms. The Labute approximate surface area is 122 Å². The quantitative estimate of drug-likeness (QED) is 0.802. The van der Waals surface area contributed by atoms with Gasteiger partial charge in [-0.3, -0.25) is 4.79 Å². The Hall–Kier alpha value is -2.31. The predicted octanol–water partition coefficient (Wildman–Crippen LogP) is 3.84. The van der Waals surface area contributed by atoms with Gasteiger partial charge in [0, 0.05) is 16.1 Å². The van der Waals surface area contributed by atoms with Crippen LogP contribution in [0.5, 0.6) is 5.75 Å². The van der Waals surface area contributed by atoms with Crippen molar-refractivity contribution in [1.82, 2.24) is 0 Å². The van der Waals surface area contributed by atoms with Crippen LogP contribution < -0.4 is 4.74 Å². The molecular formula is C16H12ClNO2. The molecule has 0 N–H and O–H groups in total. The third-order valence-electron chi connectivity index (χ3n) is 2.95. The Kier molecular flexibility index (Phi) is 4.39. The van der Waals surface area contributed by atoms with E-state index in [0.29, 0.717) is 21.9 Å². The normalized spacial score (nSPS) is 11.4. The van der Waals surface area contributed by atoms with Crippen LogP contribution in [0.15, 0.2) is 48.5 Å². The van der Waals surface area contributed by atoms with Gasteiger partial charge in [-0.1, -0.05) is 41.9 Å². The molecule has 2 rings (SSSR count). The minimum Gasteiger partial charge on any atom is -0.496 e. The predicted molar refractivity (Wildman–Crippen MR) is 77.1 cm³/mol. The van der Waals surface area contributed by atoms with Crippen molar-refractivity contribution in [3.63, 3.8) is 0 Å². The summed E-state index contributed by atoms with van der Waals surface area (Å²) < 4.78 is 5.21. The van der Waals surface area contributed by atoms with Crippen molar-refractivity contribution in [2.24, 2.45) is 0 Å². The maximum atomic E-state index is 12.4. The zero-order chi connectivity index (χ0) is 14.5. The molecule has 100 valence electrons. The number of carbonyl (C=O) groups is 1. The first-order chi connectivity index (χ1) is 9.67. The summed E-state index contributed by atoms with van der Waals surface area (Å²) in [5.74, 6) is -0.732. The molecule has 20 heavy (non-hydrogen) atoms. The topological polar surface area (TPSA) is 50.1 Å². The molecule has 0 aliphatic carbocycles. The molecule has 0 spiro atoms. The lowest BCUT2D eigenvalue weighted by molar-refractivity contribution is 0.0978. The van der Waals surface area contributed by atoms with E-state index in [1.54, 1.807) is 42.5 Å². The van der Waals surface area contributed by atoms with E-state index in [-0.39, 0.29) is 5.78 Å². The van der Waals surface area contributed by atoms with Gasteiger partial charge < -0.3 is 4.74 Å². The molecule has 0 aromatic heterocycles. The van der Waals surface area contributed by atoms with Crippen molar-refractivity contribution in [1.29, 1.82) is 5.26 Å². The Bertz CT molecular complexity index is 662. The first-order valence-corrected chi connectivity index (χ1v) is 6.37. The van der Waals surface area contributed by atoms with Crippen LogP contribution in [0.4, 0.5) is 0 Å². The fraction of sp³-hybridized carbons (Fsp3) is 0.125. The number of ether oxygens (including phenoxy) is 1. The van der Waals surface area contributed by atoms with Gasteiger partial charge in [0.05, 0.1) is 13.2 Å². The maximum absolute atomic E-state index is 12.4. The standard InChI is InChI=1S/C16H12ClNO2/c1-20-15-8-7-12(17)9-13(15)14(10-18)16(19)11-5-3-2-4-6-11/h2-9,14H,1H3. The molecule has 0 heterocycles. The van der Waals surface area contributed by atoms with E-state index in [9.17, 15) is 10.1 Å². The molecule has 0 radical (unpaired) electrons. The lowest BCUT2D eigenvalue weighted by atomic mass is 9.91. The zero-order valence-corrected chi connectivity index (χ0v) is 11.6. The number of nitriles is 1. The zero-order valence-electron chi connectivity index (χ0n) is 10.8. The van der Waals surface area contributed by atoms with Crippen LogP contribution in [0.2, 0.25) is 5.02 Å². The highest BCUT2D eigenvalue weighted by atomic mass is 35.5. The summed E-state index contributed by atoms with van der Waals surface area (Å²) in [4.78, 5) is 12.4. The number of hydrogen-bond acceptors (Lipinski definition) is 3. The minimum atomic E-state index is -0.939. The first kappa shape index (κ1) is 14.1. The molecule has 2 aromatic carbocycles. The number of rotatable bonds is 4. The van der Waals surface area contributed by atoms with Gasteiger partial charge in [0.1, 0.15) is 11.7 Å². The van der Waals surface area contributed by atoms with Crippen LogP contribution >= 0.6 is 11.6 Å². The summed E-state index contributed by atoms with van der Waals surface area (Å²) in [5, 5.41) is 9.81. The second-order valence-corrected chi connectivity index (χ2v) is 4.62. The molecule has 1 unspecified atom stereocenters. The third kappa shape index (κ3) is 2.81. The average Bonchev–Trinajstić information content (AvgIpc) is 2.49. The van der Waals surface area contributed by atoms with E-state index in [2.05, 4.69) is 0 Å². The summed E-state index contributed by atoms with van der Waals surface area (Å²) in [5.41, 5.74) is 0.970. The van der Waals surface area contributed by atoms with E-state index >= 15 is 0 Å². The number of benzene rings is 2. The largest absolute Gasteiger partial charge is 0.496 e. The van der Waals surface area contributed by atoms with Gasteiger partial charge in [0.2, 0.25) is 0 Å². The number of halogens is 1. The Morgan fingerprint density at radius 2 is 1.95 bits per heavy atom. The summed E-state index contributed by atoms with van der Waals surface area (Å²) in [6, 6.07) is 15.6. The van der Waals surface area contributed by atoms with Crippen LogP contribution in [0.3, 0.4) is 0 Å². The molecular weight excluding hydrogens is 274 g/mol. The molecule has 2 aromatic rings. The monoisotopic (exact) mass is 285 g/mol. The van der Waals surface area contributed by atoms with Crippen molar-refractivity contribution in [2.75, 3.05) is 7.11 Å². The molecule has 0 amide bonds. The van der Waals surface area contributed by atoms with Gasteiger partial charge in [-0.05, 0) is 18.2 Å². The second-order valence-electron chi connectivity index (χ2n) is 4.18. The van der Waals surface area contributed by atoms with Gasteiger partial charge in [-0.15, -0.1) is 0 Å². The molecule has 0 saturated heterocycles. The van der Waals surface area contributed by atoms with Crippen molar-refractivity contribution in [3.8, 4) is 11.8 Å². The number of Topliss-reactive ketones (excluding diaryl/α,β-unsaturated/α-hetero) is 1. The highest BCUT2D eigenvalue weighted by Crippen LogP contribution is 2.31. The molecule has 4 heteroatoms. The van der Waals surface area contributed by atoms with Gasteiger partial charge in [-0.2, -0.15) is 5.26 Å². The van der Waals surface area contributed by atoms with E-state index in [1.165, 1.54) is 7.11 Å². The summed E-state index contributed by atoms with van der Waals surface area (Å²) in [7, 11) is 1.49. The fourth-order valence-electron chi connectivity index (χ4n) is 1.97. The third-order valence-corrected chi connectivity index (χ3v) is 3.19. The highest BCUT2D eigenvalue weighted by Gasteiger charge is 2.25. The fourth-order valence-corrected chi connectivity index (χ4v) is 2.15. The van der Waals surface area contributed by atoms with Crippen molar-refractivity contribution in [3.05, 3.63) is 64.7 Å². The van der Waals surface area contributed by atoms with Crippen LogP contribution in [0, 0.1) is 11.3 Å². The lowest BCUT2D eigenvalue weighted by Crippen LogP contribution is -2.12. The van der Waals surface area contributed by atoms with E-state index in [1.807, 2.05) is 12.1 Å². The number of methoxy groups -OCH3 is 1. The number of carbonyl (C=O) groups excluding carboxylic acids is 1. The van der Waals surface area contributed by atoms with Crippen LogP contribution in [0.1, 0.15) is 21.8 Å². The Morgan fingerprint density at radius 1 is 1.25 bits per heavy atom. The van der Waals surface area contributed by atoms with Crippen molar-refractivity contribution < 1.29 is 9.53 Å². The summed E-state index contributed by atoms with van der Waals surface area (Å²) >= 11 is 5.95. The van der Waals surface area contributed by atoms with Crippen molar-refractivity contribution in [2.45, 2.75) is 5.92 Å². The lowest BCUT2D eigenvalue weighted by Gasteiger charge is -2.13. The summed E-state index contributed by atoms with van der Waals surface area (Å²) in [6.45, 7) is 0. The Morgan fingerprint density at radius 3 is 2.55 bits per heavy atom. The molecule has 0 saturated carbocycles. The van der Waals surface area contributed by atoms with Gasteiger partial charge in [0.15, 0.2) is 5.78 Å². The molecule has 0 fully saturated rings. The van der Waals surface area contributed by atoms with Gasteiger partial charge >= 0.3 is 0 Å². The SMILES string of the molecule is COc1ccc(Cl)cc1C(C#N)C(=O)c1ccccc1. The molecule has 1 atom stereocenters. The van der Waals surface area contributed by atoms with Crippen LogP contribution in [-0.2, 0) is 0 Å². The van der Waals surface area contributed by atoms with Gasteiger partial charge in [-0.25, -0.2) is 0 Å².